The Hall–Kier alpha value is -1.79. The topological polar surface area (TPSA) is 42.2 Å². The van der Waals surface area contributed by atoms with Crippen molar-refractivity contribution < 1.29 is 4.39 Å². The first-order valence-corrected chi connectivity index (χ1v) is 9.26. The third-order valence-corrected chi connectivity index (χ3v) is 5.81. The van der Waals surface area contributed by atoms with E-state index in [1.54, 1.807) is 18.3 Å². The van der Waals surface area contributed by atoms with Crippen LogP contribution in [0.3, 0.4) is 0 Å². The van der Waals surface area contributed by atoms with Crippen LogP contribution in [-0.2, 0) is 6.54 Å². The van der Waals surface area contributed by atoms with Crippen molar-refractivity contribution in [1.82, 2.24) is 14.4 Å². The molecule has 0 spiro atoms. The van der Waals surface area contributed by atoms with E-state index >= 15 is 0 Å². The van der Waals surface area contributed by atoms with Crippen LogP contribution in [-0.4, -0.2) is 20.1 Å². The SMILES string of the molecule is Fc1ccc(Cl)cc1CNc1nccn2c([C@@H]3CCCS3)cnc12. The molecule has 1 aliphatic rings. The molecule has 0 saturated carbocycles. The van der Waals surface area contributed by atoms with Gasteiger partial charge in [-0.3, -0.25) is 4.40 Å². The Balaban J connectivity index is 1.61. The molecule has 0 amide bonds. The predicted octanol–water partition coefficient (Wildman–Crippen LogP) is 4.70. The van der Waals surface area contributed by atoms with Gasteiger partial charge in [0.25, 0.3) is 0 Å². The summed E-state index contributed by atoms with van der Waals surface area (Å²) in [6.07, 6.45) is 8.02. The zero-order valence-corrected chi connectivity index (χ0v) is 14.4. The highest BCUT2D eigenvalue weighted by molar-refractivity contribution is 7.99. The molecular formula is C17H16ClFN4S. The molecule has 1 aliphatic heterocycles. The van der Waals surface area contributed by atoms with Gasteiger partial charge in [-0.2, -0.15) is 11.8 Å². The van der Waals surface area contributed by atoms with Gasteiger partial charge in [-0.05, 0) is 36.8 Å². The van der Waals surface area contributed by atoms with E-state index in [-0.39, 0.29) is 5.82 Å². The van der Waals surface area contributed by atoms with Crippen molar-refractivity contribution in [2.45, 2.75) is 24.6 Å². The summed E-state index contributed by atoms with van der Waals surface area (Å²) in [7, 11) is 0. The van der Waals surface area contributed by atoms with E-state index in [0.717, 1.165) is 5.65 Å². The van der Waals surface area contributed by atoms with Crippen LogP contribution in [0.15, 0.2) is 36.8 Å². The van der Waals surface area contributed by atoms with Gasteiger partial charge in [0.15, 0.2) is 11.5 Å². The molecule has 1 N–H and O–H groups in total. The van der Waals surface area contributed by atoms with Gasteiger partial charge in [-0.1, -0.05) is 11.6 Å². The smallest absolute Gasteiger partial charge is 0.180 e. The molecule has 0 radical (unpaired) electrons. The standard InChI is InChI=1S/C17H16ClFN4S/c18-12-3-4-13(19)11(8-12)9-21-16-17-22-10-14(15-2-1-7-24-15)23(17)6-5-20-16/h3-6,8,10,15H,1-2,7,9H2,(H,20,21)/t15-/m0/s1. The van der Waals surface area contributed by atoms with Crippen LogP contribution in [0.2, 0.25) is 5.02 Å². The Morgan fingerprint density at radius 2 is 2.29 bits per heavy atom. The van der Waals surface area contributed by atoms with Crippen molar-refractivity contribution >= 4 is 34.8 Å². The number of hydrogen-bond donors (Lipinski definition) is 1. The Morgan fingerprint density at radius 1 is 1.38 bits per heavy atom. The molecule has 2 aromatic heterocycles. The van der Waals surface area contributed by atoms with Crippen LogP contribution in [0, 0.1) is 5.82 Å². The quantitative estimate of drug-likeness (QED) is 0.730. The number of benzene rings is 1. The molecule has 0 aliphatic carbocycles. The number of nitrogens with zero attached hydrogens (tertiary/aromatic N) is 3. The molecule has 0 bridgehead atoms. The maximum absolute atomic E-state index is 13.9. The van der Waals surface area contributed by atoms with Crippen molar-refractivity contribution in [2.24, 2.45) is 0 Å². The van der Waals surface area contributed by atoms with E-state index in [4.69, 9.17) is 11.6 Å². The van der Waals surface area contributed by atoms with Crippen molar-refractivity contribution in [3.05, 3.63) is 58.9 Å². The van der Waals surface area contributed by atoms with Crippen LogP contribution in [0.25, 0.3) is 5.65 Å². The first-order valence-electron chi connectivity index (χ1n) is 7.84. The molecule has 0 unspecified atom stereocenters. The zero-order valence-electron chi connectivity index (χ0n) is 12.9. The molecule has 3 heterocycles. The van der Waals surface area contributed by atoms with Gasteiger partial charge in [0, 0.05) is 34.8 Å². The van der Waals surface area contributed by atoms with Crippen molar-refractivity contribution in [3.8, 4) is 0 Å². The minimum Gasteiger partial charge on any atom is -0.363 e. The second-order valence-corrected chi connectivity index (χ2v) is 7.49. The lowest BCUT2D eigenvalue weighted by Crippen LogP contribution is -2.06. The number of imidazole rings is 1. The van der Waals surface area contributed by atoms with E-state index < -0.39 is 0 Å². The van der Waals surface area contributed by atoms with E-state index in [2.05, 4.69) is 19.7 Å². The van der Waals surface area contributed by atoms with Crippen LogP contribution < -0.4 is 5.32 Å². The number of thioether (sulfide) groups is 1. The second-order valence-electron chi connectivity index (χ2n) is 5.74. The summed E-state index contributed by atoms with van der Waals surface area (Å²) in [6, 6.07) is 4.54. The second kappa shape index (κ2) is 6.61. The zero-order chi connectivity index (χ0) is 16.5. The summed E-state index contributed by atoms with van der Waals surface area (Å²) < 4.78 is 15.9. The number of fused-ring (bicyclic) bond motifs is 1. The molecule has 1 fully saturated rings. The summed E-state index contributed by atoms with van der Waals surface area (Å²) in [5.41, 5.74) is 2.47. The van der Waals surface area contributed by atoms with Gasteiger partial charge in [-0.25, -0.2) is 14.4 Å². The van der Waals surface area contributed by atoms with E-state index in [9.17, 15) is 4.39 Å². The van der Waals surface area contributed by atoms with Gasteiger partial charge >= 0.3 is 0 Å². The lowest BCUT2D eigenvalue weighted by Gasteiger charge is -2.10. The summed E-state index contributed by atoms with van der Waals surface area (Å²) >= 11 is 7.91. The highest BCUT2D eigenvalue weighted by atomic mass is 35.5. The van der Waals surface area contributed by atoms with E-state index in [1.165, 1.54) is 30.4 Å². The average Bonchev–Trinajstić information content (AvgIpc) is 3.24. The van der Waals surface area contributed by atoms with Crippen LogP contribution in [0.5, 0.6) is 0 Å². The molecule has 1 aromatic carbocycles. The number of rotatable bonds is 4. The number of hydrogen-bond acceptors (Lipinski definition) is 4. The Kier molecular flexibility index (Phi) is 4.33. The summed E-state index contributed by atoms with van der Waals surface area (Å²) in [6.45, 7) is 0.305. The number of halogens is 2. The highest BCUT2D eigenvalue weighted by Gasteiger charge is 2.22. The summed E-state index contributed by atoms with van der Waals surface area (Å²) in [5, 5.41) is 4.18. The Bertz CT molecular complexity index is 876. The lowest BCUT2D eigenvalue weighted by atomic mass is 10.2. The van der Waals surface area contributed by atoms with Gasteiger partial charge in [0.1, 0.15) is 5.82 Å². The molecule has 4 rings (SSSR count). The number of anilines is 1. The van der Waals surface area contributed by atoms with Crippen LogP contribution in [0.1, 0.15) is 29.3 Å². The van der Waals surface area contributed by atoms with E-state index in [0.29, 0.717) is 28.2 Å². The minimum absolute atomic E-state index is 0.287. The summed E-state index contributed by atoms with van der Waals surface area (Å²) in [4.78, 5) is 8.88. The maximum Gasteiger partial charge on any atom is 0.180 e. The molecule has 7 heteroatoms. The molecule has 24 heavy (non-hydrogen) atoms. The predicted molar refractivity (Wildman–Crippen MR) is 96.2 cm³/mol. The van der Waals surface area contributed by atoms with Gasteiger partial charge in [0.2, 0.25) is 0 Å². The minimum atomic E-state index is -0.287. The van der Waals surface area contributed by atoms with Gasteiger partial charge < -0.3 is 5.32 Å². The van der Waals surface area contributed by atoms with Gasteiger partial charge in [0.05, 0.1) is 11.9 Å². The molecule has 3 aromatic rings. The third-order valence-electron chi connectivity index (χ3n) is 4.17. The fraction of sp³-hybridized carbons (Fsp3) is 0.294. The maximum atomic E-state index is 13.9. The number of nitrogens with one attached hydrogen (secondary N) is 1. The normalized spacial score (nSPS) is 17.5. The number of aromatic nitrogens is 3. The lowest BCUT2D eigenvalue weighted by molar-refractivity contribution is 0.613. The highest BCUT2D eigenvalue weighted by Crippen LogP contribution is 2.40. The molecular weight excluding hydrogens is 347 g/mol. The van der Waals surface area contributed by atoms with Gasteiger partial charge in [-0.15, -0.1) is 0 Å². The molecule has 124 valence electrons. The van der Waals surface area contributed by atoms with Crippen molar-refractivity contribution in [3.63, 3.8) is 0 Å². The molecule has 1 saturated heterocycles. The monoisotopic (exact) mass is 362 g/mol. The summed E-state index contributed by atoms with van der Waals surface area (Å²) in [5.74, 6) is 1.55. The molecule has 1 atom stereocenters. The first kappa shape index (κ1) is 15.7. The largest absolute Gasteiger partial charge is 0.363 e. The van der Waals surface area contributed by atoms with Crippen molar-refractivity contribution in [1.29, 1.82) is 0 Å². The Labute approximate surface area is 148 Å². The fourth-order valence-electron chi connectivity index (χ4n) is 2.97. The molecule has 4 nitrogen and oxygen atoms in total. The van der Waals surface area contributed by atoms with E-state index in [1.807, 2.05) is 24.2 Å². The third kappa shape index (κ3) is 2.96. The fourth-order valence-corrected chi connectivity index (χ4v) is 4.46. The van der Waals surface area contributed by atoms with Crippen LogP contribution in [0.4, 0.5) is 10.2 Å². The van der Waals surface area contributed by atoms with Crippen LogP contribution >= 0.6 is 23.4 Å². The van der Waals surface area contributed by atoms with Crippen molar-refractivity contribution in [2.75, 3.05) is 11.1 Å². The first-order chi connectivity index (χ1) is 11.7. The Morgan fingerprint density at radius 3 is 3.12 bits per heavy atom. The average molecular weight is 363 g/mol.